The van der Waals surface area contributed by atoms with E-state index < -0.39 is 5.54 Å². The van der Waals surface area contributed by atoms with Crippen molar-refractivity contribution in [3.8, 4) is 5.75 Å². The minimum atomic E-state index is -0.391. The molecule has 1 unspecified atom stereocenters. The first-order valence-corrected chi connectivity index (χ1v) is 5.96. The number of nitrogens with two attached hydrogens (primary N) is 1. The van der Waals surface area contributed by atoms with Crippen LogP contribution in [-0.4, -0.2) is 5.11 Å². The van der Waals surface area contributed by atoms with Gasteiger partial charge < -0.3 is 10.8 Å². The van der Waals surface area contributed by atoms with Gasteiger partial charge in [0, 0.05) is 5.56 Å². The van der Waals surface area contributed by atoms with Crippen LogP contribution in [0.2, 0.25) is 0 Å². The third-order valence-electron chi connectivity index (χ3n) is 4.16. The van der Waals surface area contributed by atoms with Crippen LogP contribution in [0.15, 0.2) is 36.4 Å². The van der Waals surface area contributed by atoms with Crippen LogP contribution in [0.4, 0.5) is 0 Å². The lowest BCUT2D eigenvalue weighted by atomic mass is 9.91. The van der Waals surface area contributed by atoms with Gasteiger partial charge in [-0.1, -0.05) is 44.2 Å². The highest BCUT2D eigenvalue weighted by molar-refractivity contribution is 5.89. The minimum Gasteiger partial charge on any atom is -0.508 e. The van der Waals surface area contributed by atoms with Crippen LogP contribution < -0.4 is 5.73 Å². The van der Waals surface area contributed by atoms with Crippen molar-refractivity contribution in [3.05, 3.63) is 42.0 Å². The number of fused-ring (bicyclic) bond motifs is 1. The summed E-state index contributed by atoms with van der Waals surface area (Å²) in [5.74, 6) is 0.316. The predicted molar refractivity (Wildman–Crippen MR) is 69.9 cm³/mol. The van der Waals surface area contributed by atoms with Crippen LogP contribution in [0.1, 0.15) is 25.8 Å². The van der Waals surface area contributed by atoms with Gasteiger partial charge in [0.25, 0.3) is 0 Å². The molecule has 0 amide bonds. The van der Waals surface area contributed by atoms with Gasteiger partial charge in [-0.3, -0.25) is 0 Å². The number of phenols is 1. The summed E-state index contributed by atoms with van der Waals surface area (Å²) in [5, 5.41) is 12.3. The minimum absolute atomic E-state index is 0.0641. The van der Waals surface area contributed by atoms with Gasteiger partial charge in [-0.15, -0.1) is 0 Å². The molecule has 0 aliphatic heterocycles. The van der Waals surface area contributed by atoms with Crippen molar-refractivity contribution in [1.82, 2.24) is 0 Å². The first-order valence-electron chi connectivity index (χ1n) is 5.96. The Morgan fingerprint density at radius 2 is 1.76 bits per heavy atom. The Balaban J connectivity index is 2.33. The molecule has 88 valence electrons. The molecule has 0 heterocycles. The van der Waals surface area contributed by atoms with Crippen molar-refractivity contribution in [1.29, 1.82) is 0 Å². The lowest BCUT2D eigenvalue weighted by Crippen LogP contribution is -2.25. The molecule has 1 atom stereocenters. The first-order chi connectivity index (χ1) is 7.96. The van der Waals surface area contributed by atoms with E-state index in [1.165, 1.54) is 0 Å². The summed E-state index contributed by atoms with van der Waals surface area (Å²) in [6.45, 7) is 4.29. The summed E-state index contributed by atoms with van der Waals surface area (Å²) < 4.78 is 0. The second-order valence-corrected chi connectivity index (χ2v) is 5.71. The van der Waals surface area contributed by atoms with Gasteiger partial charge in [-0.2, -0.15) is 0 Å². The van der Waals surface area contributed by atoms with Crippen molar-refractivity contribution >= 4 is 10.8 Å². The summed E-state index contributed by atoms with van der Waals surface area (Å²) in [5.41, 5.74) is 7.03. The maximum Gasteiger partial charge on any atom is 0.121 e. The van der Waals surface area contributed by atoms with E-state index >= 15 is 0 Å². The molecule has 3 rings (SSSR count). The van der Waals surface area contributed by atoms with Gasteiger partial charge >= 0.3 is 0 Å². The highest BCUT2D eigenvalue weighted by Crippen LogP contribution is 2.63. The standard InChI is InChI=1S/C15H17NO/c1-14(2)9-15(14,16)13-11-6-4-3-5-10(11)7-8-12(13)17/h3-8,17H,9,16H2,1-2H3. The summed E-state index contributed by atoms with van der Waals surface area (Å²) in [4.78, 5) is 0. The number of benzene rings is 2. The average Bonchev–Trinajstić information content (AvgIpc) is 2.78. The van der Waals surface area contributed by atoms with E-state index in [4.69, 9.17) is 5.73 Å². The van der Waals surface area contributed by atoms with E-state index in [1.54, 1.807) is 6.07 Å². The van der Waals surface area contributed by atoms with E-state index in [1.807, 2.05) is 24.3 Å². The van der Waals surface area contributed by atoms with E-state index in [0.29, 0.717) is 5.75 Å². The molecular weight excluding hydrogens is 210 g/mol. The van der Waals surface area contributed by atoms with Gasteiger partial charge in [0.05, 0.1) is 5.54 Å². The van der Waals surface area contributed by atoms with Crippen LogP contribution in [0.5, 0.6) is 5.75 Å². The average molecular weight is 227 g/mol. The molecule has 1 fully saturated rings. The monoisotopic (exact) mass is 227 g/mol. The van der Waals surface area contributed by atoms with Crippen LogP contribution in [-0.2, 0) is 5.54 Å². The fourth-order valence-corrected chi connectivity index (χ4v) is 2.81. The Bertz CT molecular complexity index is 603. The molecule has 2 nitrogen and oxygen atoms in total. The van der Waals surface area contributed by atoms with Crippen molar-refractivity contribution < 1.29 is 5.11 Å². The van der Waals surface area contributed by atoms with Gasteiger partial charge in [-0.25, -0.2) is 0 Å². The van der Waals surface area contributed by atoms with Gasteiger partial charge in [-0.05, 0) is 28.7 Å². The summed E-state index contributed by atoms with van der Waals surface area (Å²) in [6.07, 6.45) is 0.918. The molecule has 0 radical (unpaired) electrons. The molecule has 3 N–H and O–H groups in total. The molecule has 2 heteroatoms. The number of hydrogen-bond donors (Lipinski definition) is 2. The van der Waals surface area contributed by atoms with Crippen LogP contribution in [0.25, 0.3) is 10.8 Å². The molecule has 0 bridgehead atoms. The summed E-state index contributed by atoms with van der Waals surface area (Å²) in [7, 11) is 0. The van der Waals surface area contributed by atoms with Gasteiger partial charge in [0.2, 0.25) is 0 Å². The normalized spacial score (nSPS) is 26.1. The fourth-order valence-electron chi connectivity index (χ4n) is 2.81. The Morgan fingerprint density at radius 3 is 2.41 bits per heavy atom. The maximum atomic E-state index is 10.1. The molecule has 0 saturated heterocycles. The van der Waals surface area contributed by atoms with Crippen molar-refractivity contribution in [2.24, 2.45) is 11.1 Å². The zero-order chi connectivity index (χ0) is 12.3. The summed E-state index contributed by atoms with van der Waals surface area (Å²) in [6, 6.07) is 11.8. The quantitative estimate of drug-likeness (QED) is 0.786. The topological polar surface area (TPSA) is 46.2 Å². The second kappa shape index (κ2) is 3.02. The van der Waals surface area contributed by atoms with E-state index in [9.17, 15) is 5.11 Å². The van der Waals surface area contributed by atoms with Crippen molar-refractivity contribution in [2.45, 2.75) is 25.8 Å². The van der Waals surface area contributed by atoms with E-state index in [-0.39, 0.29) is 5.41 Å². The molecule has 0 spiro atoms. The fraction of sp³-hybridized carbons (Fsp3) is 0.333. The number of hydrogen-bond acceptors (Lipinski definition) is 2. The Morgan fingerprint density at radius 1 is 1.12 bits per heavy atom. The smallest absolute Gasteiger partial charge is 0.121 e. The van der Waals surface area contributed by atoms with Crippen LogP contribution >= 0.6 is 0 Å². The molecule has 0 aromatic heterocycles. The molecule has 1 saturated carbocycles. The first kappa shape index (κ1) is 10.6. The van der Waals surface area contributed by atoms with Gasteiger partial charge in [0.1, 0.15) is 5.75 Å². The van der Waals surface area contributed by atoms with Crippen molar-refractivity contribution in [3.63, 3.8) is 0 Å². The third-order valence-corrected chi connectivity index (χ3v) is 4.16. The van der Waals surface area contributed by atoms with Gasteiger partial charge in [0.15, 0.2) is 0 Å². The van der Waals surface area contributed by atoms with Crippen LogP contribution in [0.3, 0.4) is 0 Å². The highest BCUT2D eigenvalue weighted by Gasteiger charge is 2.60. The second-order valence-electron chi connectivity index (χ2n) is 5.71. The molecular formula is C15H17NO. The Kier molecular flexibility index (Phi) is 1.88. The van der Waals surface area contributed by atoms with E-state index in [2.05, 4.69) is 19.9 Å². The number of rotatable bonds is 1. The maximum absolute atomic E-state index is 10.1. The third kappa shape index (κ3) is 1.31. The Hall–Kier alpha value is -1.54. The molecule has 2 aromatic carbocycles. The largest absolute Gasteiger partial charge is 0.508 e. The molecule has 2 aromatic rings. The van der Waals surface area contributed by atoms with Crippen molar-refractivity contribution in [2.75, 3.05) is 0 Å². The zero-order valence-electron chi connectivity index (χ0n) is 10.2. The highest BCUT2D eigenvalue weighted by atomic mass is 16.3. The lowest BCUT2D eigenvalue weighted by molar-refractivity contribution is 0.442. The SMILES string of the molecule is CC1(C)CC1(N)c1c(O)ccc2ccccc12. The number of aromatic hydroxyl groups is 1. The zero-order valence-corrected chi connectivity index (χ0v) is 10.2. The predicted octanol–water partition coefficient (Wildman–Crippen LogP) is 3.13. The lowest BCUT2D eigenvalue weighted by Gasteiger charge is -2.19. The molecule has 1 aliphatic rings. The molecule has 17 heavy (non-hydrogen) atoms. The summed E-state index contributed by atoms with van der Waals surface area (Å²) >= 11 is 0. The van der Waals surface area contributed by atoms with Crippen LogP contribution in [0, 0.1) is 5.41 Å². The number of phenolic OH excluding ortho intramolecular Hbond substituents is 1. The Labute approximate surface area is 101 Å². The molecule has 1 aliphatic carbocycles. The van der Waals surface area contributed by atoms with E-state index in [0.717, 1.165) is 22.8 Å².